The average molecular weight is 362 g/mol. The second-order valence-corrected chi connectivity index (χ2v) is 6.96. The van der Waals surface area contributed by atoms with E-state index in [0.29, 0.717) is 24.3 Å². The number of carbonyl (C=O) groups is 2. The Balaban J connectivity index is 1.56. The summed E-state index contributed by atoms with van der Waals surface area (Å²) in [6, 6.07) is 15.2. The lowest BCUT2D eigenvalue weighted by molar-refractivity contribution is -0.122. The summed E-state index contributed by atoms with van der Waals surface area (Å²) in [7, 11) is 0. The summed E-state index contributed by atoms with van der Waals surface area (Å²) in [5.74, 6) is 6.60. The van der Waals surface area contributed by atoms with E-state index in [1.807, 2.05) is 62.4 Å². The number of ether oxygens (including phenoxy) is 1. The largest absolute Gasteiger partial charge is 0.482 e. The van der Waals surface area contributed by atoms with Gasteiger partial charge in [-0.2, -0.15) is 0 Å². The van der Waals surface area contributed by atoms with Gasteiger partial charge in [-0.25, -0.2) is 0 Å². The minimum atomic E-state index is -0.620. The molecule has 0 saturated carbocycles. The second-order valence-electron chi connectivity index (χ2n) is 6.96. The van der Waals surface area contributed by atoms with Crippen molar-refractivity contribution in [2.24, 2.45) is 0 Å². The van der Waals surface area contributed by atoms with Gasteiger partial charge in [0, 0.05) is 12.0 Å². The molecule has 0 aromatic heterocycles. The van der Waals surface area contributed by atoms with E-state index in [2.05, 4.69) is 22.5 Å². The number of nitrogens with one attached hydrogen (secondary N) is 2. The summed E-state index contributed by atoms with van der Waals surface area (Å²) < 4.78 is 5.34. The van der Waals surface area contributed by atoms with Crippen LogP contribution in [0.25, 0.3) is 0 Å². The van der Waals surface area contributed by atoms with Gasteiger partial charge >= 0.3 is 0 Å². The number of anilines is 1. The van der Waals surface area contributed by atoms with Gasteiger partial charge < -0.3 is 15.4 Å². The van der Waals surface area contributed by atoms with Crippen molar-refractivity contribution in [3.05, 3.63) is 59.7 Å². The van der Waals surface area contributed by atoms with Crippen molar-refractivity contribution in [2.75, 3.05) is 11.9 Å². The molecule has 0 saturated heterocycles. The molecule has 2 amide bonds. The van der Waals surface area contributed by atoms with Gasteiger partial charge in [-0.1, -0.05) is 36.1 Å². The Morgan fingerprint density at radius 2 is 2.00 bits per heavy atom. The van der Waals surface area contributed by atoms with Gasteiger partial charge in [0.25, 0.3) is 5.91 Å². The highest BCUT2D eigenvalue weighted by molar-refractivity contribution is 5.95. The molecule has 2 aromatic rings. The van der Waals surface area contributed by atoms with Gasteiger partial charge in [-0.3, -0.25) is 9.59 Å². The van der Waals surface area contributed by atoms with Gasteiger partial charge in [0.05, 0.1) is 11.2 Å². The molecule has 5 heteroatoms. The molecule has 0 radical (unpaired) electrons. The summed E-state index contributed by atoms with van der Waals surface area (Å²) in [6.07, 6.45) is 0.904. The molecule has 0 unspecified atom stereocenters. The number of hydrogen-bond donors (Lipinski definition) is 2. The molecule has 0 bridgehead atoms. The van der Waals surface area contributed by atoms with Crippen molar-refractivity contribution >= 4 is 17.5 Å². The molecular formula is C22H22N2O3. The number of amides is 2. The smallest absolute Gasteiger partial charge is 0.262 e. The SMILES string of the molecule is CC(C)(C#Cc1ccccc1)NC(=O)CCc1ccc2c(c1)NC(=O)CO2. The first kappa shape index (κ1) is 18.5. The Morgan fingerprint density at radius 1 is 1.22 bits per heavy atom. The van der Waals surface area contributed by atoms with E-state index in [4.69, 9.17) is 4.74 Å². The molecule has 0 fully saturated rings. The van der Waals surface area contributed by atoms with Crippen LogP contribution in [0.1, 0.15) is 31.4 Å². The maximum Gasteiger partial charge on any atom is 0.262 e. The zero-order chi connectivity index (χ0) is 19.3. The third-order valence-corrected chi connectivity index (χ3v) is 4.06. The van der Waals surface area contributed by atoms with E-state index in [-0.39, 0.29) is 18.4 Å². The van der Waals surface area contributed by atoms with Crippen LogP contribution in [-0.2, 0) is 16.0 Å². The van der Waals surface area contributed by atoms with Crippen molar-refractivity contribution in [1.29, 1.82) is 0 Å². The Bertz CT molecular complexity index is 908. The molecule has 1 aliphatic heterocycles. The minimum absolute atomic E-state index is 0.0356. The highest BCUT2D eigenvalue weighted by Crippen LogP contribution is 2.28. The number of hydrogen-bond acceptors (Lipinski definition) is 3. The molecule has 2 aromatic carbocycles. The molecule has 27 heavy (non-hydrogen) atoms. The Labute approximate surface area is 159 Å². The number of rotatable bonds is 4. The van der Waals surface area contributed by atoms with Crippen LogP contribution in [0.15, 0.2) is 48.5 Å². The van der Waals surface area contributed by atoms with Crippen molar-refractivity contribution in [1.82, 2.24) is 5.32 Å². The molecule has 1 aliphatic rings. The van der Waals surface area contributed by atoms with E-state index < -0.39 is 5.54 Å². The molecule has 0 atom stereocenters. The maximum atomic E-state index is 12.3. The summed E-state index contributed by atoms with van der Waals surface area (Å²) in [4.78, 5) is 23.7. The normalized spacial score (nSPS) is 12.7. The average Bonchev–Trinajstić information content (AvgIpc) is 2.65. The van der Waals surface area contributed by atoms with Gasteiger partial charge in [0.2, 0.25) is 5.91 Å². The monoisotopic (exact) mass is 362 g/mol. The highest BCUT2D eigenvalue weighted by atomic mass is 16.5. The number of aryl methyl sites for hydroxylation is 1. The fourth-order valence-corrected chi connectivity index (χ4v) is 2.74. The lowest BCUT2D eigenvalue weighted by Gasteiger charge is -2.20. The minimum Gasteiger partial charge on any atom is -0.482 e. The van der Waals surface area contributed by atoms with Gasteiger partial charge in [0.15, 0.2) is 6.61 Å². The first-order valence-corrected chi connectivity index (χ1v) is 8.86. The van der Waals surface area contributed by atoms with E-state index in [0.717, 1.165) is 11.1 Å². The second kappa shape index (κ2) is 7.96. The standard InChI is InChI=1S/C22H22N2O3/c1-22(2,13-12-16-6-4-3-5-7-16)24-20(25)11-9-17-8-10-19-18(14-17)23-21(26)15-27-19/h3-8,10,14H,9,11,15H2,1-2H3,(H,23,26)(H,24,25). The van der Waals surface area contributed by atoms with E-state index >= 15 is 0 Å². The zero-order valence-corrected chi connectivity index (χ0v) is 15.5. The van der Waals surface area contributed by atoms with Crippen LogP contribution in [0.5, 0.6) is 5.75 Å². The summed E-state index contributed by atoms with van der Waals surface area (Å²) in [5, 5.41) is 5.73. The van der Waals surface area contributed by atoms with Gasteiger partial charge in [0.1, 0.15) is 5.75 Å². The predicted molar refractivity (Wildman–Crippen MR) is 104 cm³/mol. The van der Waals surface area contributed by atoms with E-state index in [1.54, 1.807) is 0 Å². The van der Waals surface area contributed by atoms with Crippen LogP contribution >= 0.6 is 0 Å². The topological polar surface area (TPSA) is 67.4 Å². The molecule has 0 spiro atoms. The van der Waals surface area contributed by atoms with Crippen molar-refractivity contribution in [3.63, 3.8) is 0 Å². The lowest BCUT2D eigenvalue weighted by Crippen LogP contribution is -2.42. The third kappa shape index (κ3) is 5.35. The molecule has 2 N–H and O–H groups in total. The van der Waals surface area contributed by atoms with Gasteiger partial charge in [-0.05, 0) is 50.1 Å². The Kier molecular flexibility index (Phi) is 5.46. The third-order valence-electron chi connectivity index (χ3n) is 4.06. The molecular weight excluding hydrogens is 340 g/mol. The first-order valence-electron chi connectivity index (χ1n) is 8.86. The summed E-state index contributed by atoms with van der Waals surface area (Å²) >= 11 is 0. The lowest BCUT2D eigenvalue weighted by atomic mass is 10.0. The van der Waals surface area contributed by atoms with Crippen molar-refractivity contribution in [2.45, 2.75) is 32.2 Å². The van der Waals surface area contributed by atoms with Crippen molar-refractivity contribution < 1.29 is 14.3 Å². The van der Waals surface area contributed by atoms with Crippen LogP contribution in [0.4, 0.5) is 5.69 Å². The summed E-state index contributed by atoms with van der Waals surface area (Å²) in [5.41, 5.74) is 1.91. The number of benzene rings is 2. The maximum absolute atomic E-state index is 12.3. The zero-order valence-electron chi connectivity index (χ0n) is 15.5. The Hall–Kier alpha value is -3.26. The van der Waals surface area contributed by atoms with Crippen LogP contribution in [0, 0.1) is 11.8 Å². The van der Waals surface area contributed by atoms with E-state index in [1.165, 1.54) is 0 Å². The van der Waals surface area contributed by atoms with Crippen molar-refractivity contribution in [3.8, 4) is 17.6 Å². The van der Waals surface area contributed by atoms with E-state index in [9.17, 15) is 9.59 Å². The molecule has 138 valence electrons. The fourth-order valence-electron chi connectivity index (χ4n) is 2.74. The molecule has 3 rings (SSSR count). The quantitative estimate of drug-likeness (QED) is 0.822. The first-order chi connectivity index (χ1) is 12.9. The Morgan fingerprint density at radius 3 is 2.78 bits per heavy atom. The molecule has 1 heterocycles. The fraction of sp³-hybridized carbons (Fsp3) is 0.273. The number of fused-ring (bicyclic) bond motifs is 1. The molecule has 0 aliphatic carbocycles. The summed E-state index contributed by atoms with van der Waals surface area (Å²) in [6.45, 7) is 3.80. The predicted octanol–water partition coefficient (Wildman–Crippen LogP) is 2.90. The van der Waals surface area contributed by atoms with Crippen LogP contribution in [-0.4, -0.2) is 24.0 Å². The van der Waals surface area contributed by atoms with Crippen LogP contribution in [0.3, 0.4) is 0 Å². The van der Waals surface area contributed by atoms with Crippen LogP contribution < -0.4 is 15.4 Å². The molecule has 5 nitrogen and oxygen atoms in total. The van der Waals surface area contributed by atoms with Crippen LogP contribution in [0.2, 0.25) is 0 Å². The number of carbonyl (C=O) groups excluding carboxylic acids is 2. The van der Waals surface area contributed by atoms with Gasteiger partial charge in [-0.15, -0.1) is 0 Å². The highest BCUT2D eigenvalue weighted by Gasteiger charge is 2.18.